The minimum Gasteiger partial charge on any atom is -0.316 e. The smallest absolute Gasteiger partial charge is 0.316 e. The maximum Gasteiger partial charge on any atom is 0.329 e. The third kappa shape index (κ3) is 2.82. The first-order valence-corrected chi connectivity index (χ1v) is 6.61. The zero-order valence-corrected chi connectivity index (χ0v) is 12.0. The second kappa shape index (κ2) is 5.50. The van der Waals surface area contributed by atoms with Crippen molar-refractivity contribution in [1.29, 1.82) is 5.41 Å². The predicted octanol–water partition coefficient (Wildman–Crippen LogP) is 0.541. The van der Waals surface area contributed by atoms with Crippen LogP contribution in [0.1, 0.15) is 12.0 Å². The molecule has 7 heteroatoms. The summed E-state index contributed by atoms with van der Waals surface area (Å²) in [7, 11) is 1.87. The molecule has 1 saturated heterocycles. The Morgan fingerprint density at radius 1 is 1.47 bits per heavy atom. The zero-order valence-electron chi connectivity index (χ0n) is 10.4. The van der Waals surface area contributed by atoms with Gasteiger partial charge in [0.15, 0.2) is 0 Å². The summed E-state index contributed by atoms with van der Waals surface area (Å²) in [5.74, 6) is -0.197. The van der Waals surface area contributed by atoms with Crippen LogP contribution in [0.25, 0.3) is 0 Å². The van der Waals surface area contributed by atoms with E-state index in [0.29, 0.717) is 5.56 Å². The summed E-state index contributed by atoms with van der Waals surface area (Å²) >= 11 is 3.37. The Morgan fingerprint density at radius 3 is 2.84 bits per heavy atom. The topological polar surface area (TPSA) is 89.9 Å². The molecule has 0 radical (unpaired) electrons. The van der Waals surface area contributed by atoms with Crippen molar-refractivity contribution in [1.82, 2.24) is 10.2 Å². The molecule has 19 heavy (non-hydrogen) atoms. The van der Waals surface area contributed by atoms with Crippen LogP contribution in [0.15, 0.2) is 22.7 Å². The number of nitrogens with two attached hydrogens (primary N) is 1. The van der Waals surface area contributed by atoms with E-state index in [1.54, 1.807) is 6.07 Å². The lowest BCUT2D eigenvalue weighted by Gasteiger charge is -2.27. The van der Waals surface area contributed by atoms with Gasteiger partial charge in [0.05, 0.1) is 12.6 Å². The van der Waals surface area contributed by atoms with Gasteiger partial charge in [-0.05, 0) is 12.1 Å². The minimum absolute atomic E-state index is 0.102. The summed E-state index contributed by atoms with van der Waals surface area (Å²) in [5.41, 5.74) is 1.53. The molecule has 0 unspecified atom stereocenters. The maximum absolute atomic E-state index is 11.7. The molecule has 3 amide bonds. The normalized spacial score (nSPS) is 15.4. The van der Waals surface area contributed by atoms with Gasteiger partial charge in [-0.15, -0.1) is 0 Å². The molecule has 0 spiro atoms. The van der Waals surface area contributed by atoms with Crippen LogP contribution in [0, 0.1) is 5.41 Å². The fourth-order valence-electron chi connectivity index (χ4n) is 1.91. The van der Waals surface area contributed by atoms with Gasteiger partial charge in [0.1, 0.15) is 11.5 Å². The molecule has 0 aromatic heterocycles. The van der Waals surface area contributed by atoms with Crippen LogP contribution < -0.4 is 10.6 Å². The molecule has 2 rings (SSSR count). The number of quaternary nitrogens is 1. The molecule has 1 heterocycles. The van der Waals surface area contributed by atoms with Gasteiger partial charge in [-0.3, -0.25) is 20.4 Å². The van der Waals surface area contributed by atoms with E-state index in [1.165, 1.54) is 4.90 Å². The van der Waals surface area contributed by atoms with Crippen LogP contribution in [0.2, 0.25) is 0 Å². The average Bonchev–Trinajstić information content (AvgIpc) is 2.37. The predicted molar refractivity (Wildman–Crippen MR) is 73.3 cm³/mol. The Labute approximate surface area is 118 Å². The van der Waals surface area contributed by atoms with Gasteiger partial charge in [-0.25, -0.2) is 4.79 Å². The lowest BCUT2D eigenvalue weighted by atomic mass is 10.1. The number of amidine groups is 1. The van der Waals surface area contributed by atoms with Gasteiger partial charge in [-0.1, -0.05) is 15.9 Å². The lowest BCUT2D eigenvalue weighted by molar-refractivity contribution is -0.539. The molecular formula is C12H14BrN4O2+. The standard InChI is InChI=1S/C12H13BrN4O2/c1-15-9-6-7(13)2-3-8(9)11(14)17-5-4-10(18)16-12(17)19/h2-3,6,14-15H,4-5H2,1H3,(H,16,18,19)/p+1. The van der Waals surface area contributed by atoms with Crippen molar-refractivity contribution in [3.63, 3.8) is 0 Å². The number of carbonyl (C=O) groups is 2. The number of imide groups is 1. The number of nitrogens with one attached hydrogen (secondary N) is 2. The molecule has 0 bridgehead atoms. The van der Waals surface area contributed by atoms with Crippen LogP contribution in [0.4, 0.5) is 10.5 Å². The van der Waals surface area contributed by atoms with Crippen molar-refractivity contribution in [3.8, 4) is 0 Å². The highest BCUT2D eigenvalue weighted by Crippen LogP contribution is 2.20. The van der Waals surface area contributed by atoms with Gasteiger partial charge in [0.2, 0.25) is 5.91 Å². The number of hydrogen-bond donors (Lipinski definition) is 3. The highest BCUT2D eigenvalue weighted by Gasteiger charge is 2.28. The van der Waals surface area contributed by atoms with E-state index >= 15 is 0 Å². The summed E-state index contributed by atoms with van der Waals surface area (Å²) in [6.45, 7) is 0.239. The first kappa shape index (κ1) is 13.7. The molecule has 1 aliphatic rings. The second-order valence-electron chi connectivity index (χ2n) is 4.12. The van der Waals surface area contributed by atoms with E-state index in [4.69, 9.17) is 5.41 Å². The third-order valence-corrected chi connectivity index (χ3v) is 3.40. The van der Waals surface area contributed by atoms with Crippen molar-refractivity contribution >= 4 is 39.4 Å². The fraction of sp³-hybridized carbons (Fsp3) is 0.250. The number of hydrogen-bond acceptors (Lipinski definition) is 3. The molecule has 6 nitrogen and oxygen atoms in total. The Kier molecular flexibility index (Phi) is 3.96. The van der Waals surface area contributed by atoms with Crippen LogP contribution in [-0.4, -0.2) is 36.3 Å². The Bertz CT molecular complexity index is 559. The maximum atomic E-state index is 11.7. The summed E-state index contributed by atoms with van der Waals surface area (Å²) in [6, 6.07) is 4.96. The second-order valence-corrected chi connectivity index (χ2v) is 5.04. The Hall–Kier alpha value is -1.73. The van der Waals surface area contributed by atoms with Crippen molar-refractivity contribution in [2.24, 2.45) is 0 Å². The van der Waals surface area contributed by atoms with E-state index in [-0.39, 0.29) is 24.7 Å². The van der Waals surface area contributed by atoms with E-state index < -0.39 is 6.03 Å². The van der Waals surface area contributed by atoms with Crippen molar-refractivity contribution in [3.05, 3.63) is 28.2 Å². The first-order valence-electron chi connectivity index (χ1n) is 5.82. The van der Waals surface area contributed by atoms with Crippen molar-refractivity contribution in [2.45, 2.75) is 6.42 Å². The van der Waals surface area contributed by atoms with Gasteiger partial charge in [0.25, 0.3) is 0 Å². The van der Waals surface area contributed by atoms with Gasteiger partial charge >= 0.3 is 6.03 Å². The van der Waals surface area contributed by atoms with Crippen LogP contribution in [0.3, 0.4) is 0 Å². The lowest BCUT2D eigenvalue weighted by Crippen LogP contribution is -2.73. The summed E-state index contributed by atoms with van der Waals surface area (Å²) in [6.07, 6.45) is 0.218. The molecule has 1 aliphatic heterocycles. The third-order valence-electron chi connectivity index (χ3n) is 2.90. The minimum atomic E-state index is -0.536. The Balaban J connectivity index is 2.29. The number of amides is 3. The number of benzene rings is 1. The number of nitrogens with zero attached hydrogens (tertiary/aromatic N) is 1. The van der Waals surface area contributed by atoms with Crippen LogP contribution in [0.5, 0.6) is 0 Å². The average molecular weight is 326 g/mol. The fourth-order valence-corrected chi connectivity index (χ4v) is 2.29. The monoisotopic (exact) mass is 325 g/mol. The molecule has 1 aromatic carbocycles. The largest absolute Gasteiger partial charge is 0.329 e. The van der Waals surface area contributed by atoms with E-state index in [2.05, 4.69) is 21.2 Å². The van der Waals surface area contributed by atoms with E-state index in [0.717, 1.165) is 10.2 Å². The highest BCUT2D eigenvalue weighted by molar-refractivity contribution is 9.10. The summed E-state index contributed by atoms with van der Waals surface area (Å²) in [4.78, 5) is 24.1. The molecular weight excluding hydrogens is 312 g/mol. The van der Waals surface area contributed by atoms with Gasteiger partial charge in [0, 0.05) is 23.5 Å². The number of rotatable bonds is 2. The van der Waals surface area contributed by atoms with E-state index in [9.17, 15) is 9.59 Å². The number of halogens is 1. The molecule has 1 aromatic rings. The molecule has 1 fully saturated rings. The van der Waals surface area contributed by atoms with Crippen LogP contribution >= 0.6 is 15.9 Å². The van der Waals surface area contributed by atoms with Crippen LogP contribution in [-0.2, 0) is 4.79 Å². The molecule has 0 saturated carbocycles. The molecule has 0 atom stereocenters. The van der Waals surface area contributed by atoms with Crippen molar-refractivity contribution < 1.29 is 14.9 Å². The zero-order chi connectivity index (χ0) is 14.0. The Morgan fingerprint density at radius 2 is 2.21 bits per heavy atom. The molecule has 4 N–H and O–H groups in total. The number of carbonyl (C=O) groups excluding carboxylic acids is 2. The quantitative estimate of drug-likeness (QED) is 0.421. The first-order chi connectivity index (χ1) is 9.02. The summed E-state index contributed by atoms with van der Waals surface area (Å²) < 4.78 is 0.912. The highest BCUT2D eigenvalue weighted by atomic mass is 79.9. The van der Waals surface area contributed by atoms with E-state index in [1.807, 2.05) is 24.5 Å². The molecule has 100 valence electrons. The number of urea groups is 1. The molecule has 0 aliphatic carbocycles. The SMILES string of the molecule is C[NH2+]c1cc(Br)ccc1C(=N)N1CCC(=O)NC1=O. The summed E-state index contributed by atoms with van der Waals surface area (Å²) in [5, 5.41) is 12.2. The van der Waals surface area contributed by atoms with Gasteiger partial charge < -0.3 is 5.32 Å². The van der Waals surface area contributed by atoms with Crippen molar-refractivity contribution in [2.75, 3.05) is 13.6 Å². The van der Waals surface area contributed by atoms with Gasteiger partial charge in [-0.2, -0.15) is 0 Å².